The zero-order valence-electron chi connectivity index (χ0n) is 20.3. The summed E-state index contributed by atoms with van der Waals surface area (Å²) in [5, 5.41) is 7.08. The number of fused-ring (bicyclic) bond motifs is 4. The van der Waals surface area contributed by atoms with Crippen molar-refractivity contribution in [2.75, 3.05) is 12.4 Å². The Morgan fingerprint density at radius 3 is 2.59 bits per heavy atom. The molecule has 186 valence electrons. The van der Waals surface area contributed by atoms with E-state index < -0.39 is 0 Å². The van der Waals surface area contributed by atoms with Crippen molar-refractivity contribution < 1.29 is 14.3 Å². The molecular weight excluding hydrogens is 505 g/mol. The van der Waals surface area contributed by atoms with Gasteiger partial charge in [-0.15, -0.1) is 0 Å². The summed E-state index contributed by atoms with van der Waals surface area (Å²) >= 11 is 12.8. The standard InChI is InChI=1S/C31H25Cl2NO3/c1-36-27-16-20(15-24(33)31(27)37-17-18-9-12-21(32)13-10-18)30-29-23(7-4-8-26(29)35)28-22-6-3-2-5-19(22)11-14-25(28)34-30/h2-3,5-6,9-16,30,34H,4,7-8,17H2,1H3/t30-/m0/s1. The zero-order valence-corrected chi connectivity index (χ0v) is 21.8. The fourth-order valence-corrected chi connectivity index (χ4v) is 5.84. The van der Waals surface area contributed by atoms with Crippen LogP contribution in [0.3, 0.4) is 0 Å². The molecule has 1 aliphatic carbocycles. The number of hydrogen-bond donors (Lipinski definition) is 1. The predicted octanol–water partition coefficient (Wildman–Crippen LogP) is 8.41. The number of nitrogens with one attached hydrogen (secondary N) is 1. The van der Waals surface area contributed by atoms with Crippen LogP contribution in [0.15, 0.2) is 78.4 Å². The molecule has 0 fully saturated rings. The average molecular weight is 530 g/mol. The predicted molar refractivity (Wildman–Crippen MR) is 150 cm³/mol. The highest BCUT2D eigenvalue weighted by Crippen LogP contribution is 2.49. The Morgan fingerprint density at radius 1 is 0.973 bits per heavy atom. The van der Waals surface area contributed by atoms with Gasteiger partial charge in [0.2, 0.25) is 0 Å². The first-order valence-corrected chi connectivity index (χ1v) is 13.1. The highest BCUT2D eigenvalue weighted by Gasteiger charge is 2.35. The van der Waals surface area contributed by atoms with Crippen molar-refractivity contribution in [1.29, 1.82) is 0 Å². The van der Waals surface area contributed by atoms with Gasteiger partial charge in [0.1, 0.15) is 6.61 Å². The fourth-order valence-electron chi connectivity index (χ4n) is 5.44. The summed E-state index contributed by atoms with van der Waals surface area (Å²) in [5.74, 6) is 1.16. The van der Waals surface area contributed by atoms with Crippen LogP contribution in [0.2, 0.25) is 10.0 Å². The van der Waals surface area contributed by atoms with Crippen molar-refractivity contribution in [3.63, 3.8) is 0 Å². The zero-order chi connectivity index (χ0) is 25.5. The molecule has 2 aliphatic rings. The number of hydrogen-bond acceptors (Lipinski definition) is 4. The molecule has 0 radical (unpaired) electrons. The first-order valence-electron chi connectivity index (χ1n) is 12.3. The second-order valence-corrected chi connectivity index (χ2v) is 10.2. The summed E-state index contributed by atoms with van der Waals surface area (Å²) in [5.41, 5.74) is 5.94. The Bertz CT molecular complexity index is 1560. The molecule has 0 aromatic heterocycles. The molecule has 1 atom stereocenters. The van der Waals surface area contributed by atoms with Crippen molar-refractivity contribution in [3.05, 3.63) is 105 Å². The molecule has 0 saturated heterocycles. The van der Waals surface area contributed by atoms with Crippen molar-refractivity contribution in [2.45, 2.75) is 31.9 Å². The van der Waals surface area contributed by atoms with Crippen LogP contribution in [0, 0.1) is 0 Å². The van der Waals surface area contributed by atoms with Gasteiger partial charge in [-0.3, -0.25) is 4.79 Å². The van der Waals surface area contributed by atoms with Crippen molar-refractivity contribution in [3.8, 4) is 11.5 Å². The SMILES string of the molecule is COc1cc([C@@H]2Nc3ccc4ccccc4c3C3=C2C(=O)CCC3)cc(Cl)c1OCc1ccc(Cl)cc1. The number of carbonyl (C=O) groups excluding carboxylic acids is 1. The van der Waals surface area contributed by atoms with Crippen LogP contribution >= 0.6 is 23.2 Å². The first-order chi connectivity index (χ1) is 18.0. The van der Waals surface area contributed by atoms with Gasteiger partial charge in [-0.25, -0.2) is 0 Å². The molecule has 37 heavy (non-hydrogen) atoms. The van der Waals surface area contributed by atoms with Gasteiger partial charge in [-0.2, -0.15) is 0 Å². The molecule has 0 bridgehead atoms. The van der Waals surface area contributed by atoms with E-state index >= 15 is 0 Å². The van der Waals surface area contributed by atoms with Crippen LogP contribution in [0.1, 0.15) is 42.0 Å². The van der Waals surface area contributed by atoms with Crippen LogP contribution in [-0.2, 0) is 11.4 Å². The lowest BCUT2D eigenvalue weighted by atomic mass is 9.77. The molecule has 6 rings (SSSR count). The number of ketones is 1. The molecule has 4 nitrogen and oxygen atoms in total. The van der Waals surface area contributed by atoms with Gasteiger partial charge in [0.15, 0.2) is 17.3 Å². The number of rotatable bonds is 5. The van der Waals surface area contributed by atoms with Crippen molar-refractivity contribution >= 4 is 51.0 Å². The number of benzene rings is 4. The number of methoxy groups -OCH3 is 1. The van der Waals surface area contributed by atoms with E-state index in [0.717, 1.165) is 51.8 Å². The molecular formula is C31H25Cl2NO3. The van der Waals surface area contributed by atoms with E-state index in [1.165, 1.54) is 5.39 Å². The Hall–Kier alpha value is -3.47. The summed E-state index contributed by atoms with van der Waals surface area (Å²) in [4.78, 5) is 13.4. The van der Waals surface area contributed by atoms with E-state index in [-0.39, 0.29) is 11.8 Å². The van der Waals surface area contributed by atoms with E-state index in [1.54, 1.807) is 7.11 Å². The summed E-state index contributed by atoms with van der Waals surface area (Å²) in [6, 6.07) is 23.5. The van der Waals surface area contributed by atoms with Gasteiger partial charge in [0.05, 0.1) is 18.2 Å². The molecule has 4 aromatic rings. The van der Waals surface area contributed by atoms with Crippen LogP contribution in [0.5, 0.6) is 11.5 Å². The number of ether oxygens (including phenoxy) is 2. The maximum absolute atomic E-state index is 13.4. The monoisotopic (exact) mass is 529 g/mol. The lowest BCUT2D eigenvalue weighted by Crippen LogP contribution is -2.27. The van der Waals surface area contributed by atoms with Gasteiger partial charge in [-0.1, -0.05) is 65.7 Å². The maximum Gasteiger partial charge on any atom is 0.180 e. The van der Waals surface area contributed by atoms with Crippen LogP contribution < -0.4 is 14.8 Å². The van der Waals surface area contributed by atoms with Gasteiger partial charge in [0, 0.05) is 28.3 Å². The third-order valence-electron chi connectivity index (χ3n) is 7.16. The normalized spacial score (nSPS) is 16.7. The average Bonchev–Trinajstić information content (AvgIpc) is 2.92. The van der Waals surface area contributed by atoms with E-state index in [4.69, 9.17) is 32.7 Å². The van der Waals surface area contributed by atoms with Gasteiger partial charge in [-0.05, 0) is 70.6 Å². The minimum absolute atomic E-state index is 0.176. The maximum atomic E-state index is 13.4. The molecule has 6 heteroatoms. The van der Waals surface area contributed by atoms with Gasteiger partial charge < -0.3 is 14.8 Å². The minimum Gasteiger partial charge on any atom is -0.493 e. The highest BCUT2D eigenvalue weighted by molar-refractivity contribution is 6.32. The van der Waals surface area contributed by atoms with Crippen molar-refractivity contribution in [1.82, 2.24) is 0 Å². The third-order valence-corrected chi connectivity index (χ3v) is 7.69. The molecule has 1 N–H and O–H groups in total. The minimum atomic E-state index is -0.326. The van der Waals surface area contributed by atoms with E-state index in [1.807, 2.05) is 48.5 Å². The summed E-state index contributed by atoms with van der Waals surface area (Å²) in [6.07, 6.45) is 2.27. The molecule has 0 spiro atoms. The lowest BCUT2D eigenvalue weighted by molar-refractivity contribution is -0.116. The Labute approximate surface area is 225 Å². The number of allylic oxidation sites excluding steroid dienone is 1. The lowest BCUT2D eigenvalue weighted by Gasteiger charge is -2.35. The van der Waals surface area contributed by atoms with Crippen molar-refractivity contribution in [2.24, 2.45) is 0 Å². The quantitative estimate of drug-likeness (QED) is 0.282. The smallest absolute Gasteiger partial charge is 0.180 e. The second kappa shape index (κ2) is 9.77. The molecule has 0 amide bonds. The second-order valence-electron chi connectivity index (χ2n) is 9.40. The highest BCUT2D eigenvalue weighted by atomic mass is 35.5. The number of Topliss-reactive ketones (excluding diaryl/α,β-unsaturated/α-hetero) is 1. The summed E-state index contributed by atoms with van der Waals surface area (Å²) in [6.45, 7) is 0.322. The summed E-state index contributed by atoms with van der Waals surface area (Å²) < 4.78 is 11.8. The Balaban J connectivity index is 1.41. The van der Waals surface area contributed by atoms with Gasteiger partial charge in [0.25, 0.3) is 0 Å². The molecule has 0 saturated carbocycles. The topological polar surface area (TPSA) is 47.6 Å². The first kappa shape index (κ1) is 23.9. The van der Waals surface area contributed by atoms with Crippen LogP contribution in [0.4, 0.5) is 5.69 Å². The molecule has 0 unspecified atom stereocenters. The number of carbonyl (C=O) groups is 1. The Kier molecular flexibility index (Phi) is 6.31. The van der Waals surface area contributed by atoms with E-state index in [0.29, 0.717) is 34.6 Å². The summed E-state index contributed by atoms with van der Waals surface area (Å²) in [7, 11) is 1.59. The Morgan fingerprint density at radius 2 is 1.78 bits per heavy atom. The van der Waals surface area contributed by atoms with Gasteiger partial charge >= 0.3 is 0 Å². The molecule has 1 aliphatic heterocycles. The number of anilines is 1. The number of halogens is 2. The third kappa shape index (κ3) is 4.35. The largest absolute Gasteiger partial charge is 0.493 e. The molecule has 4 aromatic carbocycles. The molecule has 1 heterocycles. The van der Waals surface area contributed by atoms with Crippen LogP contribution in [-0.4, -0.2) is 12.9 Å². The van der Waals surface area contributed by atoms with Crippen LogP contribution in [0.25, 0.3) is 16.3 Å². The fraction of sp³-hybridized carbons (Fsp3) is 0.194. The van der Waals surface area contributed by atoms with E-state index in [2.05, 4.69) is 29.6 Å². The van der Waals surface area contributed by atoms with E-state index in [9.17, 15) is 4.79 Å².